The normalized spacial score (nSPS) is 20.1. The molecule has 1 aliphatic rings. The number of halogens is 2. The van der Waals surface area contributed by atoms with E-state index in [1.54, 1.807) is 18.2 Å². The minimum atomic E-state index is -4.38. The predicted molar refractivity (Wildman–Crippen MR) is 29.9 cm³/mol. The summed E-state index contributed by atoms with van der Waals surface area (Å²) >= 11 is -4.38. The zero-order chi connectivity index (χ0) is 6.91. The van der Waals surface area contributed by atoms with E-state index < -0.39 is 16.3 Å². The van der Waals surface area contributed by atoms with Gasteiger partial charge in [0.1, 0.15) is 0 Å². The molecule has 0 amide bonds. The van der Waals surface area contributed by atoms with Crippen molar-refractivity contribution in [3.05, 3.63) is 22.3 Å². The van der Waals surface area contributed by atoms with Crippen LogP contribution in [0.1, 0.15) is 6.42 Å². The van der Waals surface area contributed by atoms with E-state index >= 15 is 0 Å². The zero-order valence-corrected chi connectivity index (χ0v) is 7.42. The van der Waals surface area contributed by atoms with Gasteiger partial charge in [0.15, 0.2) is 0 Å². The first-order valence-corrected chi connectivity index (χ1v) is 7.87. The third-order valence-corrected chi connectivity index (χ3v) is 4.67. The van der Waals surface area contributed by atoms with Crippen LogP contribution in [0.2, 0.25) is 5.44 Å². The summed E-state index contributed by atoms with van der Waals surface area (Å²) in [6, 6.07) is 0. The van der Waals surface area contributed by atoms with E-state index in [2.05, 4.69) is 0 Å². The van der Waals surface area contributed by atoms with Gasteiger partial charge in [0, 0.05) is 0 Å². The average molecular weight is 310 g/mol. The van der Waals surface area contributed by atoms with Gasteiger partial charge in [-0.3, -0.25) is 0 Å². The van der Waals surface area contributed by atoms with Crippen LogP contribution in [0.25, 0.3) is 0 Å². The van der Waals surface area contributed by atoms with E-state index in [4.69, 9.17) is 0 Å². The van der Waals surface area contributed by atoms with Gasteiger partial charge in [0.05, 0.1) is 0 Å². The molecule has 0 bridgehead atoms. The number of allylic oxidation sites excluding steroid dienone is 4. The summed E-state index contributed by atoms with van der Waals surface area (Å²) in [6.07, 6.45) is 5.53. The fourth-order valence-electron chi connectivity index (χ4n) is 0.629. The molecule has 0 saturated carbocycles. The zero-order valence-electron chi connectivity index (χ0n) is 5.03. The molecule has 0 aliphatic heterocycles. The number of hydrogen-bond acceptors (Lipinski definition) is 0. The van der Waals surface area contributed by atoms with Crippen molar-refractivity contribution in [3.8, 4) is 0 Å². The van der Waals surface area contributed by atoms with Gasteiger partial charge >= 0.3 is 57.0 Å². The second kappa shape index (κ2) is 2.31. The molecule has 0 unspecified atom stereocenters. The van der Waals surface area contributed by atoms with Crippen LogP contribution in [0.4, 0.5) is 6.51 Å². The molecule has 3 heteroatoms. The van der Waals surface area contributed by atoms with Crippen molar-refractivity contribution in [1.29, 1.82) is 0 Å². The first-order chi connectivity index (χ1) is 4.11. The Morgan fingerprint density at radius 3 is 2.44 bits per heavy atom. The van der Waals surface area contributed by atoms with Gasteiger partial charge in [0.25, 0.3) is 0 Å². The number of hydrogen-bond donors (Lipinski definition) is 0. The Labute approximate surface area is 57.4 Å². The molecular weight excluding hydrogens is 302 g/mol. The Morgan fingerprint density at radius 2 is 2.22 bits per heavy atom. The van der Waals surface area contributed by atoms with E-state index in [0.717, 1.165) is 5.44 Å². The molecule has 0 N–H and O–H groups in total. The van der Waals surface area contributed by atoms with Gasteiger partial charge in [-0.15, -0.1) is 0 Å². The molecule has 0 saturated heterocycles. The third-order valence-electron chi connectivity index (χ3n) is 1.09. The summed E-state index contributed by atoms with van der Waals surface area (Å²) in [5.41, 5.74) is 1.11. The second-order valence-electron chi connectivity index (χ2n) is 1.81. The van der Waals surface area contributed by atoms with Crippen molar-refractivity contribution < 1.29 is 22.8 Å². The minimum absolute atomic E-state index is 0.398. The molecule has 55 valence electrons. The van der Waals surface area contributed by atoms with Crippen LogP contribution >= 0.6 is 0 Å². The topological polar surface area (TPSA) is 0 Å². The summed E-state index contributed by atoms with van der Waals surface area (Å²) in [7, 11) is 0. The fourth-order valence-corrected chi connectivity index (χ4v) is 2.70. The van der Waals surface area contributed by atoms with Gasteiger partial charge in [-0.2, -0.15) is 0 Å². The van der Waals surface area contributed by atoms with Crippen molar-refractivity contribution in [2.75, 3.05) is 0 Å². The maximum atomic E-state index is 12.5. The van der Waals surface area contributed by atoms with Crippen LogP contribution in [0.3, 0.4) is 0 Å². The van der Waals surface area contributed by atoms with Crippen molar-refractivity contribution in [1.82, 2.24) is 0 Å². The molecule has 1 rings (SSSR count). The maximum absolute atomic E-state index is 12.5. The van der Waals surface area contributed by atoms with Crippen LogP contribution < -0.4 is 0 Å². The molecule has 0 aromatic carbocycles. The van der Waals surface area contributed by atoms with Crippen molar-refractivity contribution in [3.63, 3.8) is 0 Å². The van der Waals surface area contributed by atoms with Crippen LogP contribution in [-0.2, 0) is 16.3 Å². The Hall–Kier alpha value is -0.0106. The van der Waals surface area contributed by atoms with E-state index in [-0.39, 0.29) is 0 Å². The van der Waals surface area contributed by atoms with Crippen LogP contribution in [0.15, 0.2) is 22.3 Å². The van der Waals surface area contributed by atoms with Crippen LogP contribution in [-0.4, -0.2) is 0 Å². The van der Waals surface area contributed by atoms with Crippen molar-refractivity contribution >= 4 is 0 Å². The SMILES string of the molecule is [CH3][Ir]([F])([F])[C]1=CC=CC1. The second-order valence-corrected chi connectivity index (χ2v) is 7.60. The molecule has 0 aromatic heterocycles. The molecular formula is C6H8F2Ir. The molecule has 9 heavy (non-hydrogen) atoms. The third kappa shape index (κ3) is 1.70. The monoisotopic (exact) mass is 311 g/mol. The fraction of sp³-hybridized carbons (Fsp3) is 0.333. The standard InChI is InChI=1S/C5H5.CH3.2FH.Ir/c1-2-4-5-3-1;;;;/h1-3H,4H2;1H3;2*1H;/q;;;;+2/p-2. The van der Waals surface area contributed by atoms with Crippen LogP contribution in [0.5, 0.6) is 0 Å². The average Bonchev–Trinajstić information content (AvgIpc) is 2.08. The first kappa shape index (κ1) is 7.10. The first-order valence-electron chi connectivity index (χ1n) is 2.47. The van der Waals surface area contributed by atoms with Gasteiger partial charge in [-0.25, -0.2) is 0 Å². The summed E-state index contributed by atoms with van der Waals surface area (Å²) in [5.74, 6) is 0. The molecule has 0 aromatic rings. The quantitative estimate of drug-likeness (QED) is 0.699. The van der Waals surface area contributed by atoms with E-state index in [1.807, 2.05) is 0 Å². The summed E-state index contributed by atoms with van der Waals surface area (Å²) < 4.78 is 25.4. The Kier molecular flexibility index (Phi) is 1.82. The van der Waals surface area contributed by atoms with Gasteiger partial charge in [0.2, 0.25) is 0 Å². The summed E-state index contributed by atoms with van der Waals surface area (Å²) in [6.45, 7) is 0. The molecule has 0 atom stereocenters. The van der Waals surface area contributed by atoms with Gasteiger partial charge in [-0.1, -0.05) is 0 Å². The molecule has 0 fully saturated rings. The van der Waals surface area contributed by atoms with Gasteiger partial charge in [-0.05, 0) is 0 Å². The molecule has 0 heterocycles. The van der Waals surface area contributed by atoms with E-state index in [0.29, 0.717) is 10.5 Å². The van der Waals surface area contributed by atoms with E-state index in [9.17, 15) is 6.51 Å². The molecule has 0 nitrogen and oxygen atoms in total. The Balaban J connectivity index is 2.66. The summed E-state index contributed by atoms with van der Waals surface area (Å²) in [4.78, 5) is 0. The van der Waals surface area contributed by atoms with Crippen molar-refractivity contribution in [2.45, 2.75) is 11.9 Å². The van der Waals surface area contributed by atoms with E-state index in [1.165, 1.54) is 0 Å². The Bertz CT molecular complexity index is 164. The summed E-state index contributed by atoms with van der Waals surface area (Å²) in [5, 5.41) is 0. The molecule has 1 aliphatic carbocycles. The Morgan fingerprint density at radius 1 is 1.56 bits per heavy atom. The predicted octanol–water partition coefficient (Wildman–Crippen LogP) is 2.80. The molecule has 0 radical (unpaired) electrons. The van der Waals surface area contributed by atoms with Gasteiger partial charge < -0.3 is 0 Å². The molecule has 0 spiro atoms. The van der Waals surface area contributed by atoms with Crippen molar-refractivity contribution in [2.24, 2.45) is 0 Å². The number of rotatable bonds is 1. The van der Waals surface area contributed by atoms with Crippen LogP contribution in [0, 0.1) is 0 Å².